The Hall–Kier alpha value is -3.04. The summed E-state index contributed by atoms with van der Waals surface area (Å²) in [6, 6.07) is 7.52. The largest absolute Gasteiger partial charge is 0.383 e. The number of hydrogen-bond acceptors (Lipinski definition) is 6. The second-order valence-corrected chi connectivity index (χ2v) is 7.77. The van der Waals surface area contributed by atoms with E-state index in [0.29, 0.717) is 33.8 Å². The quantitative estimate of drug-likeness (QED) is 0.508. The van der Waals surface area contributed by atoms with Crippen molar-refractivity contribution in [3.63, 3.8) is 0 Å². The lowest BCUT2D eigenvalue weighted by molar-refractivity contribution is 0.0941. The molecule has 0 spiro atoms. The molecule has 0 aliphatic heterocycles. The third kappa shape index (κ3) is 3.43. The molecular weight excluding hydrogens is 390 g/mol. The number of hydrogen-bond donors (Lipinski definition) is 2. The number of H-pyrrole nitrogens is 1. The number of carbonyl (C=O) groups excluding carboxylic acids is 1. The van der Waals surface area contributed by atoms with Gasteiger partial charge in [-0.15, -0.1) is 11.3 Å². The van der Waals surface area contributed by atoms with Crippen molar-refractivity contribution in [2.45, 2.75) is 26.4 Å². The first-order valence-corrected chi connectivity index (χ1v) is 10.0. The molecule has 0 bridgehead atoms. The molecule has 4 aromatic rings. The minimum absolute atomic E-state index is 0.239. The number of amides is 1. The first-order valence-electron chi connectivity index (χ1n) is 9.23. The summed E-state index contributed by atoms with van der Waals surface area (Å²) in [5, 5.41) is 3.48. The molecule has 150 valence electrons. The van der Waals surface area contributed by atoms with Crippen LogP contribution >= 0.6 is 11.3 Å². The second kappa shape index (κ2) is 7.76. The van der Waals surface area contributed by atoms with Crippen LogP contribution in [0.5, 0.6) is 0 Å². The van der Waals surface area contributed by atoms with Crippen LogP contribution < -0.4 is 10.9 Å². The Morgan fingerprint density at radius 1 is 1.38 bits per heavy atom. The maximum Gasteiger partial charge on any atom is 0.262 e. The fourth-order valence-corrected chi connectivity index (χ4v) is 4.52. The minimum Gasteiger partial charge on any atom is -0.383 e. The number of aryl methyl sites for hydroxylation is 1. The number of aromatic amines is 1. The van der Waals surface area contributed by atoms with Gasteiger partial charge in [-0.25, -0.2) is 9.97 Å². The highest BCUT2D eigenvalue weighted by atomic mass is 32.1. The number of imidazole rings is 1. The van der Waals surface area contributed by atoms with Gasteiger partial charge in [-0.1, -0.05) is 12.1 Å². The number of fused-ring (bicyclic) bond motifs is 2. The van der Waals surface area contributed by atoms with Crippen molar-refractivity contribution in [1.82, 2.24) is 24.8 Å². The first kappa shape index (κ1) is 19.3. The Bertz CT molecular complexity index is 1260. The molecule has 0 unspecified atom stereocenters. The zero-order valence-corrected chi connectivity index (χ0v) is 17.2. The first-order chi connectivity index (χ1) is 14.0. The van der Waals surface area contributed by atoms with E-state index in [1.165, 1.54) is 17.7 Å². The lowest BCUT2D eigenvalue weighted by Crippen LogP contribution is -2.29. The highest BCUT2D eigenvalue weighted by Gasteiger charge is 2.23. The molecule has 0 radical (unpaired) electrons. The van der Waals surface area contributed by atoms with Gasteiger partial charge in [0, 0.05) is 13.7 Å². The fraction of sp³-hybridized carbons (Fsp3) is 0.300. The van der Waals surface area contributed by atoms with Crippen LogP contribution in [0, 0.1) is 6.92 Å². The zero-order valence-electron chi connectivity index (χ0n) is 16.4. The number of ether oxygens (including phenoxy) is 1. The molecule has 1 atom stereocenters. The average molecular weight is 411 g/mol. The van der Waals surface area contributed by atoms with E-state index in [2.05, 4.69) is 19.9 Å². The van der Waals surface area contributed by atoms with Crippen LogP contribution in [-0.2, 0) is 11.3 Å². The van der Waals surface area contributed by atoms with Gasteiger partial charge in [0.05, 0.1) is 40.3 Å². The number of rotatable bonds is 6. The Balaban J connectivity index is 1.67. The monoisotopic (exact) mass is 411 g/mol. The molecule has 8 nitrogen and oxygen atoms in total. The molecule has 0 aliphatic rings. The molecular formula is C20H21N5O3S. The smallest absolute Gasteiger partial charge is 0.262 e. The number of aromatic nitrogens is 4. The number of nitrogens with zero attached hydrogens (tertiary/aromatic N) is 3. The normalized spacial score (nSPS) is 12.5. The number of thiophene rings is 1. The molecule has 0 saturated carbocycles. The van der Waals surface area contributed by atoms with Gasteiger partial charge in [0.1, 0.15) is 10.7 Å². The van der Waals surface area contributed by atoms with Crippen molar-refractivity contribution in [2.24, 2.45) is 0 Å². The van der Waals surface area contributed by atoms with E-state index in [1.807, 2.05) is 31.2 Å². The molecule has 1 amide bonds. The third-order valence-electron chi connectivity index (χ3n) is 4.88. The van der Waals surface area contributed by atoms with Crippen LogP contribution in [0.2, 0.25) is 0 Å². The van der Waals surface area contributed by atoms with Gasteiger partial charge in [-0.3, -0.25) is 9.59 Å². The van der Waals surface area contributed by atoms with Gasteiger partial charge in [-0.2, -0.15) is 0 Å². The van der Waals surface area contributed by atoms with Gasteiger partial charge in [-0.05, 0) is 31.5 Å². The van der Waals surface area contributed by atoms with Crippen LogP contribution in [0.4, 0.5) is 0 Å². The van der Waals surface area contributed by atoms with E-state index >= 15 is 0 Å². The van der Waals surface area contributed by atoms with Gasteiger partial charge in [0.15, 0.2) is 0 Å². The summed E-state index contributed by atoms with van der Waals surface area (Å²) < 4.78 is 7.30. The van der Waals surface area contributed by atoms with Gasteiger partial charge >= 0.3 is 0 Å². The van der Waals surface area contributed by atoms with Crippen LogP contribution in [-0.4, -0.2) is 39.1 Å². The van der Waals surface area contributed by atoms with Crippen molar-refractivity contribution in [3.8, 4) is 0 Å². The standard InChI is InChI=1S/C20H21N5O3S/c1-11-15-18(26)21-10-22-20(15)29-16(11)19(27)23-12(2)17-24-13-6-4-5-7-14(13)25(17)8-9-28-3/h4-7,10,12H,8-9H2,1-3H3,(H,23,27)(H,21,22,26)/t12-/m0/s1. The lowest BCUT2D eigenvalue weighted by atomic mass is 10.2. The summed E-state index contributed by atoms with van der Waals surface area (Å²) in [6.45, 7) is 4.84. The molecule has 0 fully saturated rings. The minimum atomic E-state index is -0.331. The van der Waals surface area contributed by atoms with Gasteiger partial charge < -0.3 is 19.6 Å². The Morgan fingerprint density at radius 3 is 2.93 bits per heavy atom. The molecule has 9 heteroatoms. The van der Waals surface area contributed by atoms with Crippen molar-refractivity contribution in [3.05, 3.63) is 57.2 Å². The van der Waals surface area contributed by atoms with E-state index in [-0.39, 0.29) is 17.5 Å². The number of nitrogens with one attached hydrogen (secondary N) is 2. The van der Waals surface area contributed by atoms with Crippen molar-refractivity contribution in [1.29, 1.82) is 0 Å². The van der Waals surface area contributed by atoms with E-state index in [0.717, 1.165) is 16.9 Å². The zero-order chi connectivity index (χ0) is 20.5. The summed E-state index contributed by atoms with van der Waals surface area (Å²) in [4.78, 5) is 37.5. The van der Waals surface area contributed by atoms with Crippen molar-refractivity contribution >= 4 is 38.5 Å². The Kier molecular flexibility index (Phi) is 5.16. The molecule has 0 aliphatic carbocycles. The van der Waals surface area contributed by atoms with Crippen LogP contribution in [0.15, 0.2) is 35.4 Å². The van der Waals surface area contributed by atoms with E-state index < -0.39 is 0 Å². The highest BCUT2D eigenvalue weighted by Crippen LogP contribution is 2.27. The molecule has 3 heterocycles. The average Bonchev–Trinajstić information content (AvgIpc) is 3.25. The van der Waals surface area contributed by atoms with E-state index in [9.17, 15) is 9.59 Å². The van der Waals surface area contributed by atoms with Crippen LogP contribution in [0.25, 0.3) is 21.3 Å². The summed E-state index contributed by atoms with van der Waals surface area (Å²) in [6.07, 6.45) is 1.35. The number of methoxy groups -OCH3 is 1. The summed E-state index contributed by atoms with van der Waals surface area (Å²) >= 11 is 1.22. The molecule has 1 aromatic carbocycles. The Labute approximate surface area is 170 Å². The van der Waals surface area contributed by atoms with Gasteiger partial charge in [0.25, 0.3) is 11.5 Å². The molecule has 4 rings (SSSR count). The molecule has 29 heavy (non-hydrogen) atoms. The van der Waals surface area contributed by atoms with Gasteiger partial charge in [0.2, 0.25) is 0 Å². The van der Waals surface area contributed by atoms with Crippen LogP contribution in [0.1, 0.15) is 34.0 Å². The SMILES string of the molecule is COCCn1c([C@H](C)NC(=O)c2sc3nc[nH]c(=O)c3c2C)nc2ccccc21. The second-order valence-electron chi connectivity index (χ2n) is 6.77. The summed E-state index contributed by atoms with van der Waals surface area (Å²) in [5.74, 6) is 0.508. The summed E-state index contributed by atoms with van der Waals surface area (Å²) in [5.41, 5.74) is 2.26. The number of carbonyl (C=O) groups is 1. The fourth-order valence-electron chi connectivity index (χ4n) is 3.46. The summed E-state index contributed by atoms with van der Waals surface area (Å²) in [7, 11) is 1.66. The Morgan fingerprint density at radius 2 is 2.17 bits per heavy atom. The predicted octanol–water partition coefficient (Wildman–Crippen LogP) is 2.78. The molecule has 2 N–H and O–H groups in total. The number of para-hydroxylation sites is 2. The van der Waals surface area contributed by atoms with E-state index in [4.69, 9.17) is 9.72 Å². The highest BCUT2D eigenvalue weighted by molar-refractivity contribution is 7.20. The van der Waals surface area contributed by atoms with Crippen molar-refractivity contribution < 1.29 is 9.53 Å². The lowest BCUT2D eigenvalue weighted by Gasteiger charge is -2.16. The van der Waals surface area contributed by atoms with Crippen LogP contribution in [0.3, 0.4) is 0 Å². The number of benzene rings is 1. The topological polar surface area (TPSA) is 102 Å². The predicted molar refractivity (Wildman–Crippen MR) is 112 cm³/mol. The maximum atomic E-state index is 13.0. The van der Waals surface area contributed by atoms with Crippen molar-refractivity contribution in [2.75, 3.05) is 13.7 Å². The molecule has 0 saturated heterocycles. The van der Waals surface area contributed by atoms with E-state index in [1.54, 1.807) is 14.0 Å². The third-order valence-corrected chi connectivity index (χ3v) is 6.08. The maximum absolute atomic E-state index is 13.0. The molecule has 3 aromatic heterocycles.